The predicted molar refractivity (Wildman–Crippen MR) is 98.7 cm³/mol. The molecule has 2 aromatic rings. The van der Waals surface area contributed by atoms with Gasteiger partial charge in [0.05, 0.1) is 0 Å². The summed E-state index contributed by atoms with van der Waals surface area (Å²) in [5, 5.41) is 0. The number of Topliss-reactive ketones (excluding diaryl/α,β-unsaturated/α-hetero) is 1. The fourth-order valence-electron chi connectivity index (χ4n) is 3.51. The Balaban J connectivity index is 1.77. The molecule has 0 saturated heterocycles. The van der Waals surface area contributed by atoms with Gasteiger partial charge in [0.15, 0.2) is 17.3 Å². The van der Waals surface area contributed by atoms with Gasteiger partial charge in [-0.1, -0.05) is 49.6 Å². The zero-order valence-corrected chi connectivity index (χ0v) is 15.0. The molecule has 0 radical (unpaired) electrons. The third-order valence-electron chi connectivity index (χ3n) is 4.95. The lowest BCUT2D eigenvalue weighted by Crippen LogP contribution is -2.16. The molecule has 4 heteroatoms. The molecular formula is C22H23FO3. The van der Waals surface area contributed by atoms with Gasteiger partial charge in [0, 0.05) is 17.5 Å². The number of rotatable bonds is 5. The van der Waals surface area contributed by atoms with E-state index in [9.17, 15) is 14.0 Å². The van der Waals surface area contributed by atoms with E-state index in [-0.39, 0.29) is 17.5 Å². The van der Waals surface area contributed by atoms with Crippen LogP contribution in [0.5, 0.6) is 5.75 Å². The highest BCUT2D eigenvalue weighted by Crippen LogP contribution is 2.31. The molecule has 26 heavy (non-hydrogen) atoms. The van der Waals surface area contributed by atoms with Crippen molar-refractivity contribution in [3.8, 4) is 16.9 Å². The fraction of sp³-hybridized carbons (Fsp3) is 0.364. The normalized spacial score (nSPS) is 14.8. The lowest BCUT2D eigenvalue weighted by Gasteiger charge is -2.20. The zero-order chi connectivity index (χ0) is 18.5. The SMILES string of the molecule is CC(=O)c1cccc(-c2cccc(OC(=O)CC3CCCCC3)c2F)c1. The van der Waals surface area contributed by atoms with Gasteiger partial charge >= 0.3 is 5.97 Å². The summed E-state index contributed by atoms with van der Waals surface area (Å²) in [6.45, 7) is 1.47. The van der Waals surface area contributed by atoms with Crippen LogP contribution in [-0.2, 0) is 4.79 Å². The van der Waals surface area contributed by atoms with Crippen molar-refractivity contribution in [1.82, 2.24) is 0 Å². The molecule has 0 amide bonds. The molecule has 0 heterocycles. The monoisotopic (exact) mass is 354 g/mol. The molecule has 0 bridgehead atoms. The van der Waals surface area contributed by atoms with E-state index in [0.29, 0.717) is 29.0 Å². The minimum Gasteiger partial charge on any atom is -0.423 e. The average molecular weight is 354 g/mol. The first-order valence-electron chi connectivity index (χ1n) is 9.15. The molecule has 1 aliphatic rings. The predicted octanol–water partition coefficient (Wildman–Crippen LogP) is 5.57. The second-order valence-electron chi connectivity index (χ2n) is 6.94. The zero-order valence-electron chi connectivity index (χ0n) is 15.0. The van der Waals surface area contributed by atoms with E-state index >= 15 is 0 Å². The van der Waals surface area contributed by atoms with Gasteiger partial charge < -0.3 is 4.74 Å². The molecule has 136 valence electrons. The van der Waals surface area contributed by atoms with Crippen LogP contribution in [0, 0.1) is 11.7 Å². The second kappa shape index (κ2) is 8.26. The number of benzene rings is 2. The number of carbonyl (C=O) groups excluding carboxylic acids is 2. The van der Waals surface area contributed by atoms with Crippen LogP contribution in [0.3, 0.4) is 0 Å². The lowest BCUT2D eigenvalue weighted by molar-refractivity contribution is -0.135. The van der Waals surface area contributed by atoms with Crippen LogP contribution in [0.15, 0.2) is 42.5 Å². The Labute approximate surface area is 153 Å². The van der Waals surface area contributed by atoms with Crippen LogP contribution < -0.4 is 4.74 Å². The van der Waals surface area contributed by atoms with Crippen molar-refractivity contribution in [2.75, 3.05) is 0 Å². The molecule has 0 unspecified atom stereocenters. The van der Waals surface area contributed by atoms with Gasteiger partial charge in [-0.25, -0.2) is 4.39 Å². The van der Waals surface area contributed by atoms with Crippen molar-refractivity contribution in [2.45, 2.75) is 45.4 Å². The van der Waals surface area contributed by atoms with Crippen LogP contribution in [0.2, 0.25) is 0 Å². The Hall–Kier alpha value is -2.49. The maximum absolute atomic E-state index is 14.9. The summed E-state index contributed by atoms with van der Waals surface area (Å²) in [4.78, 5) is 23.7. The van der Waals surface area contributed by atoms with Crippen molar-refractivity contribution in [3.05, 3.63) is 53.8 Å². The van der Waals surface area contributed by atoms with Gasteiger partial charge in [0.25, 0.3) is 0 Å². The fourth-order valence-corrected chi connectivity index (χ4v) is 3.51. The molecule has 2 aromatic carbocycles. The number of hydrogen-bond acceptors (Lipinski definition) is 3. The number of ketones is 1. The first-order chi connectivity index (χ1) is 12.5. The Kier molecular flexibility index (Phi) is 5.82. The van der Waals surface area contributed by atoms with E-state index in [4.69, 9.17) is 4.74 Å². The first kappa shape index (κ1) is 18.3. The number of carbonyl (C=O) groups is 2. The maximum atomic E-state index is 14.9. The smallest absolute Gasteiger partial charge is 0.311 e. The number of ether oxygens (including phenoxy) is 1. The molecule has 1 saturated carbocycles. The standard InChI is InChI=1S/C22H23FO3/c1-15(24)17-9-5-10-18(14-17)19-11-6-12-20(22(19)23)26-21(25)13-16-7-3-2-4-8-16/h5-6,9-12,14,16H,2-4,7-8,13H2,1H3. The van der Waals surface area contributed by atoms with Crippen LogP contribution in [-0.4, -0.2) is 11.8 Å². The minimum atomic E-state index is -0.579. The van der Waals surface area contributed by atoms with Crippen LogP contribution in [0.1, 0.15) is 55.8 Å². The van der Waals surface area contributed by atoms with Crippen molar-refractivity contribution in [2.24, 2.45) is 5.92 Å². The third kappa shape index (κ3) is 4.37. The average Bonchev–Trinajstić information content (AvgIpc) is 2.64. The van der Waals surface area contributed by atoms with E-state index in [2.05, 4.69) is 0 Å². The molecule has 0 atom stereocenters. The molecule has 0 aromatic heterocycles. The van der Waals surface area contributed by atoms with Crippen molar-refractivity contribution in [3.63, 3.8) is 0 Å². The number of halogens is 1. The Morgan fingerprint density at radius 3 is 2.54 bits per heavy atom. The highest BCUT2D eigenvalue weighted by atomic mass is 19.1. The highest BCUT2D eigenvalue weighted by molar-refractivity contribution is 5.95. The van der Waals surface area contributed by atoms with Gasteiger partial charge in [0.2, 0.25) is 0 Å². The molecule has 1 aliphatic carbocycles. The third-order valence-corrected chi connectivity index (χ3v) is 4.95. The highest BCUT2D eigenvalue weighted by Gasteiger charge is 2.20. The Bertz CT molecular complexity index is 807. The van der Waals surface area contributed by atoms with Gasteiger partial charge in [-0.3, -0.25) is 9.59 Å². The van der Waals surface area contributed by atoms with Crippen molar-refractivity contribution < 1.29 is 18.7 Å². The van der Waals surface area contributed by atoms with Crippen molar-refractivity contribution in [1.29, 1.82) is 0 Å². The van der Waals surface area contributed by atoms with Gasteiger partial charge in [-0.05, 0) is 43.4 Å². The quantitative estimate of drug-likeness (QED) is 0.400. The molecule has 3 rings (SSSR count). The topological polar surface area (TPSA) is 43.4 Å². The Morgan fingerprint density at radius 1 is 1.08 bits per heavy atom. The van der Waals surface area contributed by atoms with E-state index < -0.39 is 5.82 Å². The minimum absolute atomic E-state index is 0.0588. The first-order valence-corrected chi connectivity index (χ1v) is 9.15. The lowest BCUT2D eigenvalue weighted by atomic mass is 9.87. The summed E-state index contributed by atoms with van der Waals surface area (Å²) in [5.41, 5.74) is 1.41. The molecule has 0 N–H and O–H groups in total. The summed E-state index contributed by atoms with van der Waals surface area (Å²) in [6.07, 6.45) is 5.93. The molecular weight excluding hydrogens is 331 g/mol. The van der Waals surface area contributed by atoms with E-state index in [1.807, 2.05) is 0 Å². The summed E-state index contributed by atoms with van der Waals surface area (Å²) in [6, 6.07) is 11.5. The molecule has 0 spiro atoms. The van der Waals surface area contributed by atoms with Crippen molar-refractivity contribution >= 4 is 11.8 Å². The van der Waals surface area contributed by atoms with Crippen LogP contribution >= 0.6 is 0 Å². The summed E-state index contributed by atoms with van der Waals surface area (Å²) < 4.78 is 20.2. The van der Waals surface area contributed by atoms with E-state index in [1.54, 1.807) is 36.4 Å². The summed E-state index contributed by atoms with van der Waals surface area (Å²) >= 11 is 0. The van der Waals surface area contributed by atoms with Gasteiger partial charge in [-0.2, -0.15) is 0 Å². The van der Waals surface area contributed by atoms with E-state index in [0.717, 1.165) is 25.7 Å². The molecule has 3 nitrogen and oxygen atoms in total. The van der Waals surface area contributed by atoms with Gasteiger partial charge in [-0.15, -0.1) is 0 Å². The molecule has 1 fully saturated rings. The molecule has 0 aliphatic heterocycles. The van der Waals surface area contributed by atoms with Gasteiger partial charge in [0.1, 0.15) is 0 Å². The summed E-state index contributed by atoms with van der Waals surface area (Å²) in [5.74, 6) is -0.760. The summed E-state index contributed by atoms with van der Waals surface area (Å²) in [7, 11) is 0. The second-order valence-corrected chi connectivity index (χ2v) is 6.94. The number of hydrogen-bond donors (Lipinski definition) is 0. The maximum Gasteiger partial charge on any atom is 0.311 e. The Morgan fingerprint density at radius 2 is 1.81 bits per heavy atom. The number of esters is 1. The largest absolute Gasteiger partial charge is 0.423 e. The van der Waals surface area contributed by atoms with Crippen LogP contribution in [0.25, 0.3) is 11.1 Å². The van der Waals surface area contributed by atoms with Crippen LogP contribution in [0.4, 0.5) is 4.39 Å². The van der Waals surface area contributed by atoms with E-state index in [1.165, 1.54) is 19.4 Å².